The van der Waals surface area contributed by atoms with Gasteiger partial charge in [0.15, 0.2) is 0 Å². The van der Waals surface area contributed by atoms with E-state index in [1.165, 1.54) is 0 Å². The van der Waals surface area contributed by atoms with Crippen molar-refractivity contribution in [3.8, 4) is 0 Å². The topological polar surface area (TPSA) is 95.7 Å². The zero-order valence-corrected chi connectivity index (χ0v) is 24.6. The Bertz CT molecular complexity index is 1150. The Balaban J connectivity index is 0.00000560. The molecule has 0 aliphatic heterocycles. The molecule has 3 rings (SSSR count). The molecule has 216 valence electrons. The summed E-state index contributed by atoms with van der Waals surface area (Å²) in [7, 11) is 1.77. The number of rotatable bonds is 14. The molecule has 2 amide bonds. The summed E-state index contributed by atoms with van der Waals surface area (Å²) in [6.07, 6.45) is 0.598. The van der Waals surface area contributed by atoms with Gasteiger partial charge >= 0.3 is 0 Å². The van der Waals surface area contributed by atoms with Crippen molar-refractivity contribution in [1.29, 1.82) is 0 Å². The van der Waals surface area contributed by atoms with E-state index in [4.69, 9.17) is 5.73 Å². The smallest absolute Gasteiger partial charge is 0.223 e. The number of halogens is 1. The van der Waals surface area contributed by atoms with E-state index >= 15 is 0 Å². The standard InChI is InChI=1S/C33H43N3O3.ClH/c1-24(2)19-28(21-32(38)36(3)23-26-15-9-5-10-16-26)33(39)35-30(20-25-13-7-4-8-14-25)31(37)22-29(34)27-17-11-6-12-18-27;/h4-18,24,28-31,37H,19-23,34H2,1-3H3,(H,35,39);1H. The van der Waals surface area contributed by atoms with Crippen LogP contribution in [0, 0.1) is 11.8 Å². The first-order chi connectivity index (χ1) is 18.7. The number of aliphatic hydroxyl groups is 1. The Morgan fingerprint density at radius 2 is 1.38 bits per heavy atom. The number of carbonyl (C=O) groups is 2. The van der Waals surface area contributed by atoms with Crippen LogP contribution in [-0.2, 0) is 22.6 Å². The van der Waals surface area contributed by atoms with E-state index < -0.39 is 18.1 Å². The van der Waals surface area contributed by atoms with E-state index in [-0.39, 0.29) is 42.6 Å². The molecule has 0 aromatic heterocycles. The van der Waals surface area contributed by atoms with Crippen molar-refractivity contribution in [2.45, 2.75) is 64.3 Å². The number of nitrogens with two attached hydrogens (primary N) is 1. The summed E-state index contributed by atoms with van der Waals surface area (Å²) in [4.78, 5) is 28.4. The molecule has 0 heterocycles. The molecule has 3 aromatic rings. The Morgan fingerprint density at radius 1 is 0.850 bits per heavy atom. The van der Waals surface area contributed by atoms with Gasteiger partial charge in [-0.05, 0) is 41.9 Å². The number of amides is 2. The van der Waals surface area contributed by atoms with Crippen LogP contribution in [0.15, 0.2) is 91.0 Å². The minimum atomic E-state index is -0.861. The second kappa shape index (κ2) is 16.8. The van der Waals surface area contributed by atoms with Gasteiger partial charge in [0.25, 0.3) is 0 Å². The van der Waals surface area contributed by atoms with Crippen LogP contribution in [0.2, 0.25) is 0 Å². The largest absolute Gasteiger partial charge is 0.391 e. The number of hydrogen-bond acceptors (Lipinski definition) is 4. The van der Waals surface area contributed by atoms with Crippen molar-refractivity contribution in [3.63, 3.8) is 0 Å². The van der Waals surface area contributed by atoms with Crippen LogP contribution in [0.5, 0.6) is 0 Å². The van der Waals surface area contributed by atoms with Crippen LogP contribution in [0.4, 0.5) is 0 Å². The lowest BCUT2D eigenvalue weighted by Gasteiger charge is -2.29. The maximum absolute atomic E-state index is 13.6. The zero-order chi connectivity index (χ0) is 28.2. The molecule has 0 bridgehead atoms. The molecule has 0 spiro atoms. The Labute approximate surface area is 245 Å². The van der Waals surface area contributed by atoms with Crippen molar-refractivity contribution in [2.24, 2.45) is 17.6 Å². The number of benzene rings is 3. The highest BCUT2D eigenvalue weighted by Gasteiger charge is 2.30. The number of nitrogens with zero attached hydrogens (tertiary/aromatic N) is 1. The highest BCUT2D eigenvalue weighted by Crippen LogP contribution is 2.22. The Kier molecular flexibility index (Phi) is 13.9. The lowest BCUT2D eigenvalue weighted by Crippen LogP contribution is -2.48. The Morgan fingerprint density at radius 3 is 1.93 bits per heavy atom. The molecule has 0 fully saturated rings. The predicted octanol–water partition coefficient (Wildman–Crippen LogP) is 5.30. The molecular formula is C33H44ClN3O3. The fourth-order valence-corrected chi connectivity index (χ4v) is 4.88. The van der Waals surface area contributed by atoms with Gasteiger partial charge in [0, 0.05) is 32.0 Å². The van der Waals surface area contributed by atoms with Gasteiger partial charge in [-0.25, -0.2) is 0 Å². The molecule has 6 nitrogen and oxygen atoms in total. The van der Waals surface area contributed by atoms with Gasteiger partial charge in [0.05, 0.1) is 12.1 Å². The fraction of sp³-hybridized carbons (Fsp3) is 0.394. The lowest BCUT2D eigenvalue weighted by molar-refractivity contribution is -0.136. The monoisotopic (exact) mass is 565 g/mol. The maximum Gasteiger partial charge on any atom is 0.223 e. The highest BCUT2D eigenvalue weighted by atomic mass is 35.5. The van der Waals surface area contributed by atoms with Gasteiger partial charge in [0.2, 0.25) is 11.8 Å². The zero-order valence-electron chi connectivity index (χ0n) is 23.8. The summed E-state index contributed by atoms with van der Waals surface area (Å²) in [6, 6.07) is 28.4. The predicted molar refractivity (Wildman–Crippen MR) is 164 cm³/mol. The van der Waals surface area contributed by atoms with Crippen LogP contribution in [0.3, 0.4) is 0 Å². The van der Waals surface area contributed by atoms with E-state index in [0.717, 1.165) is 16.7 Å². The summed E-state index contributed by atoms with van der Waals surface area (Å²) in [5.74, 6) is -0.551. The summed E-state index contributed by atoms with van der Waals surface area (Å²) in [5, 5.41) is 14.4. The van der Waals surface area contributed by atoms with E-state index in [1.54, 1.807) is 11.9 Å². The fourth-order valence-electron chi connectivity index (χ4n) is 4.88. The van der Waals surface area contributed by atoms with E-state index in [0.29, 0.717) is 25.8 Å². The minimum absolute atomic E-state index is 0. The lowest BCUT2D eigenvalue weighted by atomic mass is 9.90. The third-order valence-electron chi connectivity index (χ3n) is 7.05. The average Bonchev–Trinajstić information content (AvgIpc) is 2.93. The first-order valence-electron chi connectivity index (χ1n) is 13.8. The van der Waals surface area contributed by atoms with Crippen molar-refractivity contribution in [3.05, 3.63) is 108 Å². The number of aliphatic hydroxyl groups excluding tert-OH is 1. The molecule has 40 heavy (non-hydrogen) atoms. The van der Waals surface area contributed by atoms with Gasteiger partial charge in [-0.15, -0.1) is 12.4 Å². The molecule has 7 heteroatoms. The Hall–Kier alpha value is -3.19. The van der Waals surface area contributed by atoms with Crippen LogP contribution < -0.4 is 11.1 Å². The summed E-state index contributed by atoms with van der Waals surface area (Å²) in [6.45, 7) is 4.59. The van der Waals surface area contributed by atoms with Crippen LogP contribution in [-0.4, -0.2) is 41.0 Å². The van der Waals surface area contributed by atoms with E-state index in [1.807, 2.05) is 105 Å². The first-order valence-corrected chi connectivity index (χ1v) is 13.8. The molecule has 4 atom stereocenters. The van der Waals surface area contributed by atoms with Crippen LogP contribution in [0.25, 0.3) is 0 Å². The molecule has 0 saturated carbocycles. The highest BCUT2D eigenvalue weighted by molar-refractivity contribution is 5.86. The normalized spacial score (nSPS) is 13.9. The van der Waals surface area contributed by atoms with Crippen molar-refractivity contribution < 1.29 is 14.7 Å². The van der Waals surface area contributed by atoms with Gasteiger partial charge in [-0.3, -0.25) is 9.59 Å². The van der Waals surface area contributed by atoms with Crippen LogP contribution in [0.1, 0.15) is 55.8 Å². The van der Waals surface area contributed by atoms with Crippen molar-refractivity contribution in [1.82, 2.24) is 10.2 Å². The molecule has 0 aliphatic carbocycles. The third-order valence-corrected chi connectivity index (χ3v) is 7.05. The molecular weight excluding hydrogens is 522 g/mol. The number of carbonyl (C=O) groups excluding carboxylic acids is 2. The number of hydrogen-bond donors (Lipinski definition) is 3. The summed E-state index contributed by atoms with van der Waals surface area (Å²) < 4.78 is 0. The molecule has 0 aliphatic rings. The van der Waals surface area contributed by atoms with E-state index in [9.17, 15) is 14.7 Å². The summed E-state index contributed by atoms with van der Waals surface area (Å²) >= 11 is 0. The SMILES string of the molecule is CC(C)CC(CC(=O)N(C)Cc1ccccc1)C(=O)NC(Cc1ccccc1)C(O)CC(N)c1ccccc1.Cl. The number of nitrogens with one attached hydrogen (secondary N) is 1. The van der Waals surface area contributed by atoms with Gasteiger partial charge in [0.1, 0.15) is 0 Å². The van der Waals surface area contributed by atoms with Gasteiger partial charge in [-0.2, -0.15) is 0 Å². The van der Waals surface area contributed by atoms with Crippen molar-refractivity contribution in [2.75, 3.05) is 7.05 Å². The first kappa shape index (κ1) is 33.0. The van der Waals surface area contributed by atoms with E-state index in [2.05, 4.69) is 5.32 Å². The second-order valence-electron chi connectivity index (χ2n) is 10.9. The third kappa shape index (κ3) is 10.8. The quantitative estimate of drug-likeness (QED) is 0.247. The van der Waals surface area contributed by atoms with Crippen molar-refractivity contribution >= 4 is 24.2 Å². The van der Waals surface area contributed by atoms with Gasteiger partial charge < -0.3 is 21.1 Å². The average molecular weight is 566 g/mol. The summed E-state index contributed by atoms with van der Waals surface area (Å²) in [5.41, 5.74) is 9.41. The van der Waals surface area contributed by atoms with Gasteiger partial charge in [-0.1, -0.05) is 105 Å². The molecule has 4 N–H and O–H groups in total. The molecule has 0 saturated heterocycles. The molecule has 4 unspecified atom stereocenters. The second-order valence-corrected chi connectivity index (χ2v) is 10.9. The minimum Gasteiger partial charge on any atom is -0.391 e. The molecule has 3 aromatic carbocycles. The molecule has 0 radical (unpaired) electrons. The van der Waals surface area contributed by atoms with Crippen LogP contribution >= 0.6 is 12.4 Å². The maximum atomic E-state index is 13.6.